The van der Waals surface area contributed by atoms with Crippen molar-refractivity contribution in [2.75, 3.05) is 18.5 Å². The van der Waals surface area contributed by atoms with E-state index in [1.807, 2.05) is 36.1 Å². The van der Waals surface area contributed by atoms with Gasteiger partial charge in [0, 0.05) is 29.8 Å². The van der Waals surface area contributed by atoms with Crippen molar-refractivity contribution in [3.63, 3.8) is 0 Å². The Hall–Kier alpha value is -1.54. The fraction of sp³-hybridized carbons (Fsp3) is 0.429. The first-order valence-electron chi connectivity index (χ1n) is 6.20. The zero-order valence-corrected chi connectivity index (χ0v) is 12.6. The molecule has 0 radical (unpaired) electrons. The fourth-order valence-electron chi connectivity index (χ4n) is 2.34. The average molecular weight is 322 g/mol. The molecule has 19 heavy (non-hydrogen) atoms. The first kappa shape index (κ1) is 13.9. The van der Waals surface area contributed by atoms with Crippen LogP contribution in [0, 0.1) is 11.3 Å². The van der Waals surface area contributed by atoms with E-state index in [9.17, 15) is 4.79 Å². The molecule has 2 unspecified atom stereocenters. The SMILES string of the molecule is CC1CN(c2cccc(Br)c2)C(CC#N)C(=O)N1C. The molecule has 4 nitrogen and oxygen atoms in total. The Labute approximate surface area is 121 Å². The molecule has 1 heterocycles. The van der Waals surface area contributed by atoms with Gasteiger partial charge in [0.1, 0.15) is 6.04 Å². The van der Waals surface area contributed by atoms with Crippen LogP contribution in [0.15, 0.2) is 28.7 Å². The Bertz CT molecular complexity index is 526. The molecular formula is C14H16BrN3O. The Balaban J connectivity index is 2.36. The summed E-state index contributed by atoms with van der Waals surface area (Å²) in [6.45, 7) is 2.76. The maximum atomic E-state index is 12.3. The van der Waals surface area contributed by atoms with Crippen LogP contribution >= 0.6 is 15.9 Å². The van der Waals surface area contributed by atoms with E-state index in [-0.39, 0.29) is 24.4 Å². The lowest BCUT2D eigenvalue weighted by molar-refractivity contribution is -0.134. The highest BCUT2D eigenvalue weighted by molar-refractivity contribution is 9.10. The van der Waals surface area contributed by atoms with Crippen molar-refractivity contribution in [2.45, 2.75) is 25.4 Å². The number of benzene rings is 1. The van der Waals surface area contributed by atoms with Crippen LogP contribution in [0.1, 0.15) is 13.3 Å². The van der Waals surface area contributed by atoms with Gasteiger partial charge in [-0.15, -0.1) is 0 Å². The van der Waals surface area contributed by atoms with Crippen molar-refractivity contribution in [3.8, 4) is 6.07 Å². The second kappa shape index (κ2) is 5.62. The molecule has 0 spiro atoms. The molecule has 0 N–H and O–H groups in total. The molecule has 100 valence electrons. The molecule has 0 bridgehead atoms. The molecule has 2 rings (SSSR count). The van der Waals surface area contributed by atoms with E-state index in [2.05, 4.69) is 22.0 Å². The number of piperazine rings is 1. The molecule has 2 atom stereocenters. The fourth-order valence-corrected chi connectivity index (χ4v) is 2.73. The number of rotatable bonds is 2. The second-order valence-electron chi connectivity index (χ2n) is 4.81. The first-order chi connectivity index (χ1) is 9.04. The standard InChI is InChI=1S/C14H16BrN3O/c1-10-9-18(12-5-3-4-11(15)8-12)13(6-7-16)14(19)17(10)2/h3-5,8,10,13H,6,9H2,1-2H3. The zero-order chi connectivity index (χ0) is 14.0. The Morgan fingerprint density at radius 1 is 1.53 bits per heavy atom. The second-order valence-corrected chi connectivity index (χ2v) is 5.72. The molecule has 1 aromatic rings. The highest BCUT2D eigenvalue weighted by Crippen LogP contribution is 2.27. The minimum absolute atomic E-state index is 0.0141. The number of carbonyl (C=O) groups is 1. The first-order valence-corrected chi connectivity index (χ1v) is 6.99. The van der Waals surface area contributed by atoms with Crippen LogP contribution < -0.4 is 4.90 Å². The van der Waals surface area contributed by atoms with Gasteiger partial charge in [-0.05, 0) is 25.1 Å². The number of hydrogen-bond acceptors (Lipinski definition) is 3. The van der Waals surface area contributed by atoms with Gasteiger partial charge in [0.15, 0.2) is 0 Å². The number of nitrogens with zero attached hydrogens (tertiary/aromatic N) is 3. The van der Waals surface area contributed by atoms with Crippen molar-refractivity contribution in [3.05, 3.63) is 28.7 Å². The zero-order valence-electron chi connectivity index (χ0n) is 11.0. The summed E-state index contributed by atoms with van der Waals surface area (Å²) in [7, 11) is 1.80. The van der Waals surface area contributed by atoms with Crippen molar-refractivity contribution >= 4 is 27.5 Å². The van der Waals surface area contributed by atoms with Crippen LogP contribution in [0.5, 0.6) is 0 Å². The molecular weight excluding hydrogens is 306 g/mol. The molecule has 0 aliphatic carbocycles. The number of hydrogen-bond donors (Lipinski definition) is 0. The Kier molecular flexibility index (Phi) is 4.11. The third kappa shape index (κ3) is 2.74. The summed E-state index contributed by atoms with van der Waals surface area (Å²) in [6, 6.07) is 9.71. The maximum absolute atomic E-state index is 12.3. The summed E-state index contributed by atoms with van der Waals surface area (Å²) in [6.07, 6.45) is 0.211. The third-order valence-corrected chi connectivity index (χ3v) is 4.05. The van der Waals surface area contributed by atoms with E-state index >= 15 is 0 Å². The monoisotopic (exact) mass is 321 g/mol. The van der Waals surface area contributed by atoms with Gasteiger partial charge in [0.05, 0.1) is 12.5 Å². The topological polar surface area (TPSA) is 47.3 Å². The van der Waals surface area contributed by atoms with Gasteiger partial charge in [-0.25, -0.2) is 0 Å². The number of carbonyl (C=O) groups excluding carboxylic acids is 1. The molecule has 1 fully saturated rings. The van der Waals surface area contributed by atoms with Crippen LogP contribution in [0.4, 0.5) is 5.69 Å². The normalized spacial score (nSPS) is 23.4. The third-order valence-electron chi connectivity index (χ3n) is 3.56. The number of likely N-dealkylation sites (N-methyl/N-ethyl adjacent to an activating group) is 1. The van der Waals surface area contributed by atoms with E-state index in [4.69, 9.17) is 5.26 Å². The lowest BCUT2D eigenvalue weighted by Gasteiger charge is -2.43. The summed E-state index contributed by atoms with van der Waals surface area (Å²) < 4.78 is 0.972. The summed E-state index contributed by atoms with van der Waals surface area (Å²) in [5, 5.41) is 8.95. The van der Waals surface area contributed by atoms with E-state index in [1.54, 1.807) is 11.9 Å². The number of halogens is 1. The molecule has 1 aliphatic rings. The quantitative estimate of drug-likeness (QED) is 0.840. The van der Waals surface area contributed by atoms with Crippen LogP contribution in [0.25, 0.3) is 0 Å². The Morgan fingerprint density at radius 3 is 2.89 bits per heavy atom. The molecule has 1 saturated heterocycles. The van der Waals surface area contributed by atoms with Crippen LogP contribution in [0.2, 0.25) is 0 Å². The number of nitriles is 1. The summed E-state index contributed by atoms with van der Waals surface area (Å²) in [5.41, 5.74) is 0.975. The molecule has 1 aromatic carbocycles. The minimum atomic E-state index is -0.388. The van der Waals surface area contributed by atoms with Crippen molar-refractivity contribution < 1.29 is 4.79 Å². The molecule has 0 saturated carbocycles. The van der Waals surface area contributed by atoms with E-state index < -0.39 is 0 Å². The average Bonchev–Trinajstić information content (AvgIpc) is 2.39. The highest BCUT2D eigenvalue weighted by Gasteiger charge is 2.36. The van der Waals surface area contributed by atoms with E-state index in [0.29, 0.717) is 0 Å². The van der Waals surface area contributed by atoms with E-state index in [0.717, 1.165) is 16.7 Å². The van der Waals surface area contributed by atoms with Gasteiger partial charge in [-0.2, -0.15) is 5.26 Å². The van der Waals surface area contributed by atoms with Gasteiger partial charge in [-0.1, -0.05) is 22.0 Å². The van der Waals surface area contributed by atoms with Gasteiger partial charge < -0.3 is 9.80 Å². The Morgan fingerprint density at radius 2 is 2.26 bits per heavy atom. The van der Waals surface area contributed by atoms with E-state index in [1.165, 1.54) is 0 Å². The highest BCUT2D eigenvalue weighted by atomic mass is 79.9. The van der Waals surface area contributed by atoms with Crippen molar-refractivity contribution in [1.82, 2.24) is 4.90 Å². The lowest BCUT2D eigenvalue weighted by atomic mass is 10.0. The molecule has 1 amide bonds. The van der Waals surface area contributed by atoms with Gasteiger partial charge in [0.25, 0.3) is 0 Å². The molecule has 5 heteroatoms. The summed E-state index contributed by atoms with van der Waals surface area (Å²) in [4.78, 5) is 16.1. The predicted octanol–water partition coefficient (Wildman–Crippen LogP) is 2.40. The van der Waals surface area contributed by atoms with Gasteiger partial charge in [0.2, 0.25) is 5.91 Å². The van der Waals surface area contributed by atoms with Crippen molar-refractivity contribution in [1.29, 1.82) is 5.26 Å². The molecule has 1 aliphatic heterocycles. The lowest BCUT2D eigenvalue weighted by Crippen LogP contribution is -2.59. The minimum Gasteiger partial charge on any atom is -0.357 e. The van der Waals surface area contributed by atoms with Crippen LogP contribution in [-0.2, 0) is 4.79 Å². The van der Waals surface area contributed by atoms with Crippen molar-refractivity contribution in [2.24, 2.45) is 0 Å². The maximum Gasteiger partial charge on any atom is 0.246 e. The van der Waals surface area contributed by atoms with Crippen LogP contribution in [-0.4, -0.2) is 36.5 Å². The predicted molar refractivity (Wildman–Crippen MR) is 77.7 cm³/mol. The largest absolute Gasteiger partial charge is 0.357 e. The summed E-state index contributed by atoms with van der Waals surface area (Å²) in [5.74, 6) is 0.0141. The van der Waals surface area contributed by atoms with Crippen LogP contribution in [0.3, 0.4) is 0 Å². The van der Waals surface area contributed by atoms with Gasteiger partial charge in [-0.3, -0.25) is 4.79 Å². The number of amides is 1. The summed E-state index contributed by atoms with van der Waals surface area (Å²) >= 11 is 3.44. The van der Waals surface area contributed by atoms with Gasteiger partial charge >= 0.3 is 0 Å². The smallest absolute Gasteiger partial charge is 0.246 e. The molecule has 0 aromatic heterocycles. The number of anilines is 1.